The van der Waals surface area contributed by atoms with Crippen LogP contribution in [0, 0.1) is 12.7 Å². The van der Waals surface area contributed by atoms with Crippen LogP contribution in [0.2, 0.25) is 0 Å². The number of aryl methyl sites for hydroxylation is 2. The van der Waals surface area contributed by atoms with Gasteiger partial charge in [0, 0.05) is 24.6 Å². The largest absolute Gasteiger partial charge is 0.481 e. The summed E-state index contributed by atoms with van der Waals surface area (Å²) in [7, 11) is 1.82. The average molecular weight is 442 g/mol. The summed E-state index contributed by atoms with van der Waals surface area (Å²) < 4.78 is 15.3. The van der Waals surface area contributed by atoms with Crippen molar-refractivity contribution >= 4 is 23.1 Å². The van der Waals surface area contributed by atoms with Crippen molar-refractivity contribution in [1.29, 1.82) is 0 Å². The van der Waals surface area contributed by atoms with E-state index in [1.54, 1.807) is 22.9 Å². The number of carbonyl (C=O) groups is 1. The molecule has 0 spiro atoms. The number of aliphatic carboxylic acids is 1. The zero-order valence-corrected chi connectivity index (χ0v) is 18.6. The van der Waals surface area contributed by atoms with E-state index < -0.39 is 24.6 Å². The molecular formula is C24H28FN3O4. The molecule has 0 aliphatic carbocycles. The molecule has 2 atom stereocenters. The predicted molar refractivity (Wildman–Crippen MR) is 121 cm³/mol. The van der Waals surface area contributed by atoms with Crippen molar-refractivity contribution < 1.29 is 24.5 Å². The maximum atomic E-state index is 13.6. The van der Waals surface area contributed by atoms with Crippen molar-refractivity contribution in [3.8, 4) is 11.1 Å². The normalized spacial score (nSPS) is 13.9. The molecule has 3 N–H and O–H groups in total. The molecule has 170 valence electrons. The average Bonchev–Trinajstić information content (AvgIpc) is 2.98. The molecule has 7 nitrogen and oxygen atoms in total. The molecule has 0 amide bonds. The molecular weight excluding hydrogens is 413 g/mol. The molecule has 0 bridgehead atoms. The number of nitrogens with zero attached hydrogens (tertiary/aromatic N) is 3. The van der Waals surface area contributed by atoms with Crippen LogP contribution in [-0.4, -0.2) is 48.3 Å². The summed E-state index contributed by atoms with van der Waals surface area (Å²) in [5.41, 5.74) is 4.66. The summed E-state index contributed by atoms with van der Waals surface area (Å²) in [4.78, 5) is 15.6. The standard InChI is InChI=1S/C24H28FN3O4/c1-13(2)23-19(10-9-17(29)11-18(30)12-20(31)32)22(15-5-7-16(25)8-6-15)21-14(3)27-28(4)24(21)26-23/h5-10,13,17-18,29-30H,11-12H2,1-4H3,(H,31,32). The Labute approximate surface area is 185 Å². The van der Waals surface area contributed by atoms with Crippen molar-refractivity contribution in [3.05, 3.63) is 53.1 Å². The van der Waals surface area contributed by atoms with Gasteiger partial charge in [0.1, 0.15) is 5.82 Å². The number of carboxylic acids is 1. The topological polar surface area (TPSA) is 108 Å². The molecule has 0 aliphatic rings. The number of pyridine rings is 1. The van der Waals surface area contributed by atoms with Crippen LogP contribution >= 0.6 is 0 Å². The van der Waals surface area contributed by atoms with Crippen LogP contribution in [0.5, 0.6) is 0 Å². The van der Waals surface area contributed by atoms with E-state index in [0.717, 1.165) is 33.5 Å². The van der Waals surface area contributed by atoms with E-state index in [1.807, 2.05) is 27.8 Å². The van der Waals surface area contributed by atoms with Crippen molar-refractivity contribution in [2.75, 3.05) is 0 Å². The van der Waals surface area contributed by atoms with Crippen LogP contribution in [0.3, 0.4) is 0 Å². The maximum absolute atomic E-state index is 13.6. The van der Waals surface area contributed by atoms with E-state index >= 15 is 0 Å². The Hall–Kier alpha value is -3.10. The number of aliphatic hydroxyl groups excluding tert-OH is 2. The first-order valence-corrected chi connectivity index (χ1v) is 10.5. The number of fused-ring (bicyclic) bond motifs is 1. The van der Waals surface area contributed by atoms with Gasteiger partial charge in [0.25, 0.3) is 0 Å². The highest BCUT2D eigenvalue weighted by atomic mass is 19.1. The molecule has 0 saturated heterocycles. The van der Waals surface area contributed by atoms with E-state index in [4.69, 9.17) is 10.1 Å². The van der Waals surface area contributed by atoms with Gasteiger partial charge in [-0.15, -0.1) is 0 Å². The van der Waals surface area contributed by atoms with Gasteiger partial charge in [-0.25, -0.2) is 9.37 Å². The lowest BCUT2D eigenvalue weighted by atomic mass is 9.91. The van der Waals surface area contributed by atoms with Crippen LogP contribution in [0.1, 0.15) is 49.6 Å². The first-order valence-electron chi connectivity index (χ1n) is 10.5. The Bertz CT molecular complexity index is 1150. The van der Waals surface area contributed by atoms with Gasteiger partial charge in [0.15, 0.2) is 5.65 Å². The van der Waals surface area contributed by atoms with Crippen molar-refractivity contribution in [2.24, 2.45) is 7.05 Å². The number of benzene rings is 1. The Morgan fingerprint density at radius 3 is 2.47 bits per heavy atom. The van der Waals surface area contributed by atoms with Crippen LogP contribution in [0.4, 0.5) is 4.39 Å². The molecule has 0 saturated carbocycles. The second-order valence-electron chi connectivity index (χ2n) is 8.27. The number of hydrogen-bond acceptors (Lipinski definition) is 5. The van der Waals surface area contributed by atoms with Gasteiger partial charge in [-0.2, -0.15) is 5.10 Å². The Morgan fingerprint density at radius 1 is 1.22 bits per heavy atom. The fraction of sp³-hybridized carbons (Fsp3) is 0.375. The molecule has 2 heterocycles. The smallest absolute Gasteiger partial charge is 0.305 e. The van der Waals surface area contributed by atoms with Gasteiger partial charge in [-0.1, -0.05) is 38.1 Å². The number of halogens is 1. The highest BCUT2D eigenvalue weighted by Gasteiger charge is 2.22. The predicted octanol–water partition coefficient (Wildman–Crippen LogP) is 3.81. The molecule has 0 aliphatic heterocycles. The van der Waals surface area contributed by atoms with Crippen LogP contribution in [0.25, 0.3) is 28.2 Å². The first kappa shape index (κ1) is 23.6. The van der Waals surface area contributed by atoms with E-state index in [9.17, 15) is 19.4 Å². The highest BCUT2D eigenvalue weighted by molar-refractivity contribution is 5.99. The molecule has 2 unspecified atom stereocenters. The fourth-order valence-corrected chi connectivity index (χ4v) is 3.88. The molecule has 1 aromatic carbocycles. The minimum atomic E-state index is -1.16. The van der Waals surface area contributed by atoms with Crippen LogP contribution in [0.15, 0.2) is 30.3 Å². The van der Waals surface area contributed by atoms with Gasteiger partial charge >= 0.3 is 5.97 Å². The third-order valence-electron chi connectivity index (χ3n) is 5.30. The highest BCUT2D eigenvalue weighted by Crippen LogP contribution is 2.38. The number of hydrogen-bond donors (Lipinski definition) is 3. The molecule has 8 heteroatoms. The number of carboxylic acid groups (broad SMARTS) is 1. The minimum absolute atomic E-state index is 0.0446. The van der Waals surface area contributed by atoms with Crippen LogP contribution in [-0.2, 0) is 11.8 Å². The lowest BCUT2D eigenvalue weighted by molar-refractivity contribution is -0.139. The summed E-state index contributed by atoms with van der Waals surface area (Å²) in [6.45, 7) is 5.91. The quantitative estimate of drug-likeness (QED) is 0.491. The zero-order chi connectivity index (χ0) is 23.6. The van der Waals surface area contributed by atoms with Crippen molar-refractivity contribution in [3.63, 3.8) is 0 Å². The summed E-state index contributed by atoms with van der Waals surface area (Å²) >= 11 is 0. The number of rotatable bonds is 8. The molecule has 32 heavy (non-hydrogen) atoms. The molecule has 2 aromatic heterocycles. The second kappa shape index (κ2) is 9.58. The molecule has 3 rings (SSSR count). The van der Waals surface area contributed by atoms with Gasteiger partial charge in [0.05, 0.1) is 35.4 Å². The molecule has 3 aromatic rings. The minimum Gasteiger partial charge on any atom is -0.481 e. The Balaban J connectivity index is 2.18. The number of aliphatic hydroxyl groups is 2. The Kier molecular flexibility index (Phi) is 7.06. The van der Waals surface area contributed by atoms with E-state index in [2.05, 4.69) is 5.10 Å². The van der Waals surface area contributed by atoms with Crippen molar-refractivity contribution in [2.45, 2.75) is 51.7 Å². The van der Waals surface area contributed by atoms with E-state index in [0.29, 0.717) is 5.65 Å². The fourth-order valence-electron chi connectivity index (χ4n) is 3.88. The lowest BCUT2D eigenvalue weighted by Gasteiger charge is -2.17. The van der Waals surface area contributed by atoms with Gasteiger partial charge < -0.3 is 15.3 Å². The summed E-state index contributed by atoms with van der Waals surface area (Å²) in [5.74, 6) is -1.43. The SMILES string of the molecule is Cc1nn(C)c2nc(C(C)C)c(C=CC(O)CC(O)CC(=O)O)c(-c3ccc(F)cc3)c12. The van der Waals surface area contributed by atoms with Crippen molar-refractivity contribution in [1.82, 2.24) is 14.8 Å². The molecule has 0 fully saturated rings. The third kappa shape index (κ3) is 5.03. The summed E-state index contributed by atoms with van der Waals surface area (Å²) in [6, 6.07) is 6.19. The summed E-state index contributed by atoms with van der Waals surface area (Å²) in [6.07, 6.45) is 0.521. The van der Waals surface area contributed by atoms with Crippen LogP contribution < -0.4 is 0 Å². The van der Waals surface area contributed by atoms with Gasteiger partial charge in [-0.05, 0) is 30.5 Å². The van der Waals surface area contributed by atoms with E-state index in [-0.39, 0.29) is 18.2 Å². The zero-order valence-electron chi connectivity index (χ0n) is 18.6. The second-order valence-corrected chi connectivity index (χ2v) is 8.27. The maximum Gasteiger partial charge on any atom is 0.305 e. The summed E-state index contributed by atoms with van der Waals surface area (Å²) in [5, 5.41) is 34.4. The third-order valence-corrected chi connectivity index (χ3v) is 5.30. The Morgan fingerprint density at radius 2 is 1.88 bits per heavy atom. The van der Waals surface area contributed by atoms with E-state index in [1.165, 1.54) is 18.2 Å². The first-order chi connectivity index (χ1) is 15.1. The lowest BCUT2D eigenvalue weighted by Crippen LogP contribution is -2.19. The van der Waals surface area contributed by atoms with Gasteiger partial charge in [-0.3, -0.25) is 9.48 Å². The monoisotopic (exact) mass is 441 g/mol. The molecule has 0 radical (unpaired) electrons. The van der Waals surface area contributed by atoms with Gasteiger partial charge in [0.2, 0.25) is 0 Å². The number of aromatic nitrogens is 3.